The van der Waals surface area contributed by atoms with Crippen LogP contribution < -0.4 is 0 Å². The second-order valence-corrected chi connectivity index (χ2v) is 13.7. The summed E-state index contributed by atoms with van der Waals surface area (Å²) in [5.74, 6) is 1.77. The van der Waals surface area contributed by atoms with Gasteiger partial charge in [0.1, 0.15) is 5.82 Å². The van der Waals surface area contributed by atoms with Crippen LogP contribution in [0.3, 0.4) is 0 Å². The van der Waals surface area contributed by atoms with Crippen LogP contribution in [0.4, 0.5) is 4.39 Å². The third-order valence-electron chi connectivity index (χ3n) is 7.71. The van der Waals surface area contributed by atoms with Crippen LogP contribution in [0.5, 0.6) is 0 Å². The van der Waals surface area contributed by atoms with Crippen molar-refractivity contribution in [1.29, 1.82) is 0 Å². The van der Waals surface area contributed by atoms with Gasteiger partial charge in [-0.15, -0.1) is 0 Å². The van der Waals surface area contributed by atoms with Crippen LogP contribution in [0.1, 0.15) is 109 Å². The molecule has 2 heteroatoms. The van der Waals surface area contributed by atoms with Crippen LogP contribution in [0.25, 0.3) is 5.57 Å². The first-order valence-corrected chi connectivity index (χ1v) is 14.8. The van der Waals surface area contributed by atoms with Crippen LogP contribution in [0.15, 0.2) is 55.1 Å². The Morgan fingerprint density at radius 2 is 1.80 bits per heavy atom. The molecule has 1 saturated carbocycles. The Morgan fingerprint density at radius 3 is 2.43 bits per heavy atom. The number of hydrogen-bond donors (Lipinski definition) is 0. The fourth-order valence-corrected chi connectivity index (χ4v) is 7.59. The van der Waals surface area contributed by atoms with E-state index in [1.807, 2.05) is 6.07 Å². The SMILES string of the molecule is C=C(CCCC1(CCC)CC(SCC)CC(c2ccccc2)C1)c1ccc(CC(C)(C)C)c(F)c1. The van der Waals surface area contributed by atoms with Crippen molar-refractivity contribution in [3.8, 4) is 0 Å². The van der Waals surface area contributed by atoms with E-state index in [2.05, 4.69) is 89.4 Å². The molecule has 3 unspecified atom stereocenters. The Morgan fingerprint density at radius 1 is 1.06 bits per heavy atom. The van der Waals surface area contributed by atoms with Crippen molar-refractivity contribution in [3.63, 3.8) is 0 Å². The van der Waals surface area contributed by atoms with Crippen molar-refractivity contribution in [2.24, 2.45) is 10.8 Å². The van der Waals surface area contributed by atoms with Crippen molar-refractivity contribution in [2.75, 3.05) is 5.75 Å². The minimum atomic E-state index is -0.0848. The van der Waals surface area contributed by atoms with Gasteiger partial charge in [-0.05, 0) is 102 Å². The van der Waals surface area contributed by atoms with E-state index in [4.69, 9.17) is 0 Å². The molecule has 3 rings (SSSR count). The Balaban J connectivity index is 1.68. The van der Waals surface area contributed by atoms with Crippen molar-refractivity contribution >= 4 is 17.3 Å². The van der Waals surface area contributed by atoms with Crippen LogP contribution >= 0.6 is 11.8 Å². The molecule has 3 atom stereocenters. The molecule has 0 N–H and O–H groups in total. The molecule has 0 spiro atoms. The Hall–Kier alpha value is -1.54. The zero-order chi connectivity index (χ0) is 25.5. The summed E-state index contributed by atoms with van der Waals surface area (Å²) >= 11 is 2.16. The molecule has 2 aromatic rings. The van der Waals surface area contributed by atoms with Crippen molar-refractivity contribution < 1.29 is 4.39 Å². The van der Waals surface area contributed by atoms with E-state index in [-0.39, 0.29) is 11.2 Å². The molecular formula is C33H47FS. The molecule has 1 fully saturated rings. The van der Waals surface area contributed by atoms with E-state index >= 15 is 0 Å². The average Bonchev–Trinajstić information content (AvgIpc) is 2.80. The molecule has 0 nitrogen and oxygen atoms in total. The fraction of sp³-hybridized carbons (Fsp3) is 0.576. The van der Waals surface area contributed by atoms with Crippen molar-refractivity contribution in [2.45, 2.75) is 104 Å². The van der Waals surface area contributed by atoms with Gasteiger partial charge in [-0.3, -0.25) is 0 Å². The minimum Gasteiger partial charge on any atom is -0.207 e. The predicted octanol–water partition coefficient (Wildman–Crippen LogP) is 10.5. The summed E-state index contributed by atoms with van der Waals surface area (Å²) in [6.07, 6.45) is 10.6. The molecule has 2 aromatic carbocycles. The second-order valence-electron chi connectivity index (χ2n) is 12.1. The van der Waals surface area contributed by atoms with Gasteiger partial charge in [0.15, 0.2) is 0 Å². The third-order valence-corrected chi connectivity index (χ3v) is 8.87. The summed E-state index contributed by atoms with van der Waals surface area (Å²) in [4.78, 5) is 0. The summed E-state index contributed by atoms with van der Waals surface area (Å²) < 4.78 is 14.8. The van der Waals surface area contributed by atoms with E-state index in [1.54, 1.807) is 6.07 Å². The van der Waals surface area contributed by atoms with Gasteiger partial charge in [-0.25, -0.2) is 4.39 Å². The van der Waals surface area contributed by atoms with Crippen LogP contribution in [-0.4, -0.2) is 11.0 Å². The van der Waals surface area contributed by atoms with Gasteiger partial charge in [-0.2, -0.15) is 11.8 Å². The number of hydrogen-bond acceptors (Lipinski definition) is 1. The number of rotatable bonds is 11. The molecule has 192 valence electrons. The molecule has 1 aliphatic rings. The molecule has 0 saturated heterocycles. The third kappa shape index (κ3) is 8.24. The van der Waals surface area contributed by atoms with Crippen LogP contribution in [-0.2, 0) is 6.42 Å². The summed E-state index contributed by atoms with van der Waals surface area (Å²) in [7, 11) is 0. The number of allylic oxidation sites excluding steroid dienone is 1. The van der Waals surface area contributed by atoms with Gasteiger partial charge < -0.3 is 0 Å². The second kappa shape index (κ2) is 12.6. The zero-order valence-electron chi connectivity index (χ0n) is 22.8. The Bertz CT molecular complexity index is 941. The van der Waals surface area contributed by atoms with E-state index in [0.717, 1.165) is 41.2 Å². The highest BCUT2D eigenvalue weighted by Gasteiger charge is 2.40. The number of benzene rings is 2. The molecule has 0 aliphatic heterocycles. The quantitative estimate of drug-likeness (QED) is 0.299. The normalized spacial score (nSPS) is 22.8. The molecular weight excluding hydrogens is 447 g/mol. The summed E-state index contributed by atoms with van der Waals surface area (Å²) in [6.45, 7) is 15.5. The van der Waals surface area contributed by atoms with E-state index in [0.29, 0.717) is 11.3 Å². The van der Waals surface area contributed by atoms with Crippen molar-refractivity contribution in [3.05, 3.63) is 77.6 Å². The minimum absolute atomic E-state index is 0.0818. The van der Waals surface area contributed by atoms with Gasteiger partial charge in [0.05, 0.1) is 0 Å². The first kappa shape index (κ1) is 28.0. The lowest BCUT2D eigenvalue weighted by atomic mass is 9.63. The van der Waals surface area contributed by atoms with E-state index in [9.17, 15) is 4.39 Å². The molecule has 35 heavy (non-hydrogen) atoms. The fourth-order valence-electron chi connectivity index (χ4n) is 6.28. The summed E-state index contributed by atoms with van der Waals surface area (Å²) in [5.41, 5.74) is 4.86. The maximum absolute atomic E-state index is 14.8. The lowest BCUT2D eigenvalue weighted by Gasteiger charge is -2.45. The molecule has 0 radical (unpaired) electrons. The molecule has 0 heterocycles. The van der Waals surface area contributed by atoms with Crippen LogP contribution in [0, 0.1) is 16.6 Å². The van der Waals surface area contributed by atoms with Gasteiger partial charge in [0.2, 0.25) is 0 Å². The molecule has 0 bridgehead atoms. The lowest BCUT2D eigenvalue weighted by Crippen LogP contribution is -2.34. The van der Waals surface area contributed by atoms with Gasteiger partial charge in [0, 0.05) is 5.25 Å². The van der Waals surface area contributed by atoms with Gasteiger partial charge in [-0.1, -0.05) is 90.1 Å². The largest absolute Gasteiger partial charge is 0.207 e. The highest BCUT2D eigenvalue weighted by molar-refractivity contribution is 7.99. The highest BCUT2D eigenvalue weighted by Crippen LogP contribution is 2.52. The molecule has 0 aromatic heterocycles. The van der Waals surface area contributed by atoms with Crippen LogP contribution in [0.2, 0.25) is 0 Å². The maximum Gasteiger partial charge on any atom is 0.127 e. The highest BCUT2D eigenvalue weighted by atomic mass is 32.2. The number of halogens is 1. The Labute approximate surface area is 219 Å². The average molecular weight is 495 g/mol. The standard InChI is InChI=1S/C33H47FS/c1-7-18-33(23-29(20-30(24-33)35-8-2)26-14-10-9-11-15-26)19-12-13-25(3)27-16-17-28(31(34)21-27)22-32(4,5)6/h9-11,14-17,21,29-30H,3,7-8,12-13,18-20,22-24H2,1-2,4-6H3. The smallest absolute Gasteiger partial charge is 0.127 e. The summed E-state index contributed by atoms with van der Waals surface area (Å²) in [5, 5.41) is 0.748. The zero-order valence-corrected chi connectivity index (χ0v) is 23.7. The first-order valence-electron chi connectivity index (χ1n) is 13.8. The number of thioether (sulfide) groups is 1. The van der Waals surface area contributed by atoms with Gasteiger partial charge in [0.25, 0.3) is 0 Å². The Kier molecular flexibility index (Phi) is 10.1. The van der Waals surface area contributed by atoms with Crippen molar-refractivity contribution in [1.82, 2.24) is 0 Å². The molecule has 0 amide bonds. The first-order chi connectivity index (χ1) is 16.6. The van der Waals surface area contributed by atoms with E-state index < -0.39 is 0 Å². The lowest BCUT2D eigenvalue weighted by molar-refractivity contribution is 0.141. The maximum atomic E-state index is 14.8. The summed E-state index contributed by atoms with van der Waals surface area (Å²) in [6, 6.07) is 17.0. The topological polar surface area (TPSA) is 0 Å². The molecule has 1 aliphatic carbocycles. The monoisotopic (exact) mass is 494 g/mol. The van der Waals surface area contributed by atoms with E-state index in [1.165, 1.54) is 49.8 Å². The predicted molar refractivity (Wildman–Crippen MR) is 155 cm³/mol. The van der Waals surface area contributed by atoms with Gasteiger partial charge >= 0.3 is 0 Å².